The number of rotatable bonds is 9. The lowest BCUT2D eigenvalue weighted by atomic mass is 10.1. The third kappa shape index (κ3) is 6.20. The molecule has 0 bridgehead atoms. The van der Waals surface area contributed by atoms with E-state index in [0.29, 0.717) is 25.8 Å². The maximum Gasteiger partial charge on any atom is 0.305 e. The summed E-state index contributed by atoms with van der Waals surface area (Å²) in [5.41, 5.74) is 0. The van der Waals surface area contributed by atoms with Gasteiger partial charge >= 0.3 is 5.97 Å². The molecular weight excluding hydrogens is 276 g/mol. The summed E-state index contributed by atoms with van der Waals surface area (Å²) < 4.78 is 0. The van der Waals surface area contributed by atoms with Gasteiger partial charge in [-0.05, 0) is 19.8 Å². The number of hydrogen-bond acceptors (Lipinski definition) is 4. The number of unbranched alkanes of at least 4 members (excludes halogenated alkanes) is 2. The van der Waals surface area contributed by atoms with Crippen molar-refractivity contribution < 1.29 is 24.3 Å². The van der Waals surface area contributed by atoms with E-state index in [1.165, 1.54) is 17.1 Å². The van der Waals surface area contributed by atoms with E-state index in [1.807, 2.05) is 0 Å². The van der Waals surface area contributed by atoms with Crippen molar-refractivity contribution >= 4 is 23.7 Å². The van der Waals surface area contributed by atoms with Gasteiger partial charge in [-0.2, -0.15) is 0 Å². The molecule has 1 atom stereocenters. The summed E-state index contributed by atoms with van der Waals surface area (Å²) in [5, 5.41) is 11.2. The molecule has 0 spiro atoms. The first kappa shape index (κ1) is 16.9. The molecule has 7 nitrogen and oxygen atoms in total. The first-order valence-corrected chi connectivity index (χ1v) is 6.95. The van der Waals surface area contributed by atoms with Crippen LogP contribution in [0, 0.1) is 0 Å². The van der Waals surface area contributed by atoms with Gasteiger partial charge in [0.15, 0.2) is 0 Å². The second-order valence-electron chi connectivity index (χ2n) is 5.04. The predicted octanol–water partition coefficient (Wildman–Crippen LogP) is 0.451. The van der Waals surface area contributed by atoms with Gasteiger partial charge < -0.3 is 10.4 Å². The molecule has 1 rings (SSSR count). The maximum absolute atomic E-state index is 11.5. The predicted molar refractivity (Wildman–Crippen MR) is 74.2 cm³/mol. The summed E-state index contributed by atoms with van der Waals surface area (Å²) in [6, 6.07) is -0.388. The van der Waals surface area contributed by atoms with Crippen molar-refractivity contribution in [2.24, 2.45) is 0 Å². The zero-order valence-electron chi connectivity index (χ0n) is 12.0. The summed E-state index contributed by atoms with van der Waals surface area (Å²) in [6.07, 6.45) is 4.71. The Morgan fingerprint density at radius 2 is 1.81 bits per heavy atom. The fraction of sp³-hybridized carbons (Fsp3) is 0.571. The van der Waals surface area contributed by atoms with Crippen LogP contribution < -0.4 is 5.32 Å². The number of aliphatic carboxylic acids is 1. The second-order valence-corrected chi connectivity index (χ2v) is 5.04. The highest BCUT2D eigenvalue weighted by Gasteiger charge is 2.22. The topological polar surface area (TPSA) is 104 Å². The summed E-state index contributed by atoms with van der Waals surface area (Å²) in [4.78, 5) is 45.7. The highest BCUT2D eigenvalue weighted by Crippen LogP contribution is 2.07. The molecule has 0 aromatic carbocycles. The van der Waals surface area contributed by atoms with E-state index in [4.69, 9.17) is 5.11 Å². The molecule has 0 aromatic rings. The number of nitrogens with one attached hydrogen (secondary N) is 1. The largest absolute Gasteiger partial charge is 0.481 e. The van der Waals surface area contributed by atoms with E-state index in [-0.39, 0.29) is 30.2 Å². The van der Waals surface area contributed by atoms with Gasteiger partial charge in [0.2, 0.25) is 5.91 Å². The Labute approximate surface area is 123 Å². The van der Waals surface area contributed by atoms with E-state index in [1.54, 1.807) is 6.92 Å². The zero-order valence-corrected chi connectivity index (χ0v) is 12.0. The Kier molecular flexibility index (Phi) is 6.58. The molecule has 2 N–H and O–H groups in total. The fourth-order valence-electron chi connectivity index (χ4n) is 2.04. The van der Waals surface area contributed by atoms with Crippen molar-refractivity contribution in [1.29, 1.82) is 0 Å². The first-order chi connectivity index (χ1) is 9.90. The molecule has 116 valence electrons. The van der Waals surface area contributed by atoms with Crippen molar-refractivity contribution in [2.75, 3.05) is 6.54 Å². The first-order valence-electron chi connectivity index (χ1n) is 6.95. The van der Waals surface area contributed by atoms with Crippen LogP contribution in [0.3, 0.4) is 0 Å². The molecule has 3 amide bonds. The summed E-state index contributed by atoms with van der Waals surface area (Å²) >= 11 is 0. The van der Waals surface area contributed by atoms with Crippen molar-refractivity contribution in [3.05, 3.63) is 12.2 Å². The summed E-state index contributed by atoms with van der Waals surface area (Å²) in [5.74, 6) is -1.71. The molecule has 0 radical (unpaired) electrons. The minimum atomic E-state index is -0.948. The molecule has 1 aliphatic rings. The van der Waals surface area contributed by atoms with E-state index in [9.17, 15) is 19.2 Å². The zero-order chi connectivity index (χ0) is 15.8. The van der Waals surface area contributed by atoms with Gasteiger partial charge in [-0.3, -0.25) is 24.1 Å². The lowest BCUT2D eigenvalue weighted by molar-refractivity contribution is -0.138. The number of carboxylic acid groups (broad SMARTS) is 1. The average molecular weight is 296 g/mol. The number of amides is 3. The molecule has 1 unspecified atom stereocenters. The van der Waals surface area contributed by atoms with Gasteiger partial charge in [0, 0.05) is 31.2 Å². The van der Waals surface area contributed by atoms with Crippen LogP contribution in [0.2, 0.25) is 0 Å². The molecule has 1 heterocycles. The normalized spacial score (nSPS) is 15.4. The van der Waals surface area contributed by atoms with Crippen molar-refractivity contribution in [3.63, 3.8) is 0 Å². The Balaban J connectivity index is 2.09. The van der Waals surface area contributed by atoms with Crippen LogP contribution in [0.15, 0.2) is 12.2 Å². The maximum atomic E-state index is 11.5. The third-order valence-electron chi connectivity index (χ3n) is 3.07. The lowest BCUT2D eigenvalue weighted by Gasteiger charge is -2.13. The van der Waals surface area contributed by atoms with Gasteiger partial charge in [0.1, 0.15) is 0 Å². The van der Waals surface area contributed by atoms with E-state index < -0.39 is 5.97 Å². The molecule has 0 saturated carbocycles. The molecule has 1 aliphatic heterocycles. The minimum absolute atomic E-state index is 0.0993. The van der Waals surface area contributed by atoms with Crippen LogP contribution in [0.5, 0.6) is 0 Å². The molecule has 0 aliphatic carbocycles. The SMILES string of the molecule is CC(CC(=O)O)NC(=O)CCCCCN1C(=O)C=CC1=O. The second kappa shape index (κ2) is 8.18. The van der Waals surface area contributed by atoms with E-state index >= 15 is 0 Å². The monoisotopic (exact) mass is 296 g/mol. The number of carbonyl (C=O) groups excluding carboxylic acids is 3. The Hall–Kier alpha value is -2.18. The number of nitrogens with zero attached hydrogens (tertiary/aromatic N) is 1. The Bertz CT molecular complexity index is 440. The molecule has 7 heteroatoms. The molecule has 21 heavy (non-hydrogen) atoms. The number of hydrogen-bond donors (Lipinski definition) is 2. The van der Waals surface area contributed by atoms with E-state index in [0.717, 1.165) is 6.42 Å². The smallest absolute Gasteiger partial charge is 0.305 e. The molecule has 0 saturated heterocycles. The average Bonchev–Trinajstić information content (AvgIpc) is 2.68. The van der Waals surface area contributed by atoms with Gasteiger partial charge in [-0.1, -0.05) is 6.42 Å². The van der Waals surface area contributed by atoms with Crippen LogP contribution in [0.4, 0.5) is 0 Å². The standard InChI is InChI=1S/C14H20N2O5/c1-10(9-14(20)21)15-11(17)5-3-2-4-8-16-12(18)6-7-13(16)19/h6-7,10H,2-5,8-9H2,1H3,(H,15,17)(H,20,21). The Morgan fingerprint density at radius 3 is 2.38 bits per heavy atom. The van der Waals surface area contributed by atoms with Crippen LogP contribution in [0.25, 0.3) is 0 Å². The highest BCUT2D eigenvalue weighted by atomic mass is 16.4. The number of imide groups is 1. The van der Waals surface area contributed by atoms with Crippen LogP contribution in [-0.2, 0) is 19.2 Å². The van der Waals surface area contributed by atoms with Crippen LogP contribution >= 0.6 is 0 Å². The molecule has 0 fully saturated rings. The van der Waals surface area contributed by atoms with Gasteiger partial charge in [-0.25, -0.2) is 0 Å². The van der Waals surface area contributed by atoms with E-state index in [2.05, 4.69) is 5.32 Å². The van der Waals surface area contributed by atoms with Gasteiger partial charge in [0.25, 0.3) is 11.8 Å². The Morgan fingerprint density at radius 1 is 1.19 bits per heavy atom. The molecule has 0 aromatic heterocycles. The summed E-state index contributed by atoms with van der Waals surface area (Å²) in [7, 11) is 0. The number of carboxylic acids is 1. The third-order valence-corrected chi connectivity index (χ3v) is 3.07. The highest BCUT2D eigenvalue weighted by molar-refractivity contribution is 6.12. The quantitative estimate of drug-likeness (QED) is 0.475. The van der Waals surface area contributed by atoms with Crippen molar-refractivity contribution in [1.82, 2.24) is 10.2 Å². The van der Waals surface area contributed by atoms with Crippen molar-refractivity contribution in [2.45, 2.75) is 45.1 Å². The van der Waals surface area contributed by atoms with Gasteiger partial charge in [0.05, 0.1) is 6.42 Å². The van der Waals surface area contributed by atoms with Crippen LogP contribution in [0.1, 0.15) is 39.0 Å². The van der Waals surface area contributed by atoms with Crippen molar-refractivity contribution in [3.8, 4) is 0 Å². The summed E-state index contributed by atoms with van der Waals surface area (Å²) in [6.45, 7) is 2.01. The fourth-order valence-corrected chi connectivity index (χ4v) is 2.04. The number of carbonyl (C=O) groups is 4. The minimum Gasteiger partial charge on any atom is -0.481 e. The van der Waals surface area contributed by atoms with Crippen LogP contribution in [-0.4, -0.2) is 46.3 Å². The molecular formula is C14H20N2O5. The van der Waals surface area contributed by atoms with Gasteiger partial charge in [-0.15, -0.1) is 0 Å². The lowest BCUT2D eigenvalue weighted by Crippen LogP contribution is -2.34.